The van der Waals surface area contributed by atoms with Gasteiger partial charge in [0.25, 0.3) is 0 Å². The van der Waals surface area contributed by atoms with Crippen LogP contribution >= 0.6 is 23.1 Å². The quantitative estimate of drug-likeness (QED) is 0.401. The summed E-state index contributed by atoms with van der Waals surface area (Å²) in [5.41, 5.74) is 3.16. The molecule has 0 aliphatic rings. The fourth-order valence-corrected chi connectivity index (χ4v) is 4.86. The SMILES string of the molecule is CC(C)c1ccc(NC(=O)CSc2nnc(-c3csc(C(C)C)c3)n2C(C)C)cc1. The first-order valence-corrected chi connectivity index (χ1v) is 12.2. The zero-order chi connectivity index (χ0) is 21.8. The number of carbonyl (C=O) groups is 1. The Balaban J connectivity index is 1.68. The number of amides is 1. The van der Waals surface area contributed by atoms with Crippen molar-refractivity contribution in [1.82, 2.24) is 14.8 Å². The topological polar surface area (TPSA) is 59.8 Å². The maximum absolute atomic E-state index is 12.5. The summed E-state index contributed by atoms with van der Waals surface area (Å²) in [5.74, 6) is 2.07. The zero-order valence-corrected chi connectivity index (χ0v) is 20.1. The molecule has 1 N–H and O–H groups in total. The summed E-state index contributed by atoms with van der Waals surface area (Å²) >= 11 is 3.17. The molecule has 7 heteroatoms. The maximum Gasteiger partial charge on any atom is 0.234 e. The van der Waals surface area contributed by atoms with Crippen LogP contribution in [0, 0.1) is 0 Å². The van der Waals surface area contributed by atoms with E-state index in [1.807, 2.05) is 12.1 Å². The van der Waals surface area contributed by atoms with Crippen LogP contribution in [-0.4, -0.2) is 26.4 Å². The number of nitrogens with one attached hydrogen (secondary N) is 1. The van der Waals surface area contributed by atoms with E-state index in [2.05, 4.69) is 85.2 Å². The summed E-state index contributed by atoms with van der Waals surface area (Å²) in [4.78, 5) is 13.8. The van der Waals surface area contributed by atoms with E-state index >= 15 is 0 Å². The van der Waals surface area contributed by atoms with E-state index in [4.69, 9.17) is 0 Å². The molecule has 0 spiro atoms. The first kappa shape index (κ1) is 22.6. The van der Waals surface area contributed by atoms with Crippen LogP contribution in [0.1, 0.15) is 69.9 Å². The van der Waals surface area contributed by atoms with Crippen LogP contribution in [0.15, 0.2) is 40.9 Å². The summed E-state index contributed by atoms with van der Waals surface area (Å²) in [6, 6.07) is 10.4. The Labute approximate surface area is 187 Å². The molecule has 1 amide bonds. The van der Waals surface area contributed by atoms with Crippen molar-refractivity contribution in [2.75, 3.05) is 11.1 Å². The molecule has 3 rings (SSSR count). The molecular weight excluding hydrogens is 412 g/mol. The molecule has 0 fully saturated rings. The normalized spacial score (nSPS) is 11.6. The van der Waals surface area contributed by atoms with E-state index in [9.17, 15) is 4.79 Å². The van der Waals surface area contributed by atoms with Gasteiger partial charge in [0.15, 0.2) is 11.0 Å². The second kappa shape index (κ2) is 9.79. The third-order valence-corrected chi connectivity index (χ3v) is 7.00. The summed E-state index contributed by atoms with van der Waals surface area (Å²) in [6.45, 7) is 12.9. The number of rotatable bonds is 8. The fourth-order valence-electron chi connectivity index (χ4n) is 3.09. The Kier molecular flexibility index (Phi) is 7.36. The lowest BCUT2D eigenvalue weighted by molar-refractivity contribution is -0.113. The third kappa shape index (κ3) is 5.32. The van der Waals surface area contributed by atoms with E-state index in [1.165, 1.54) is 22.2 Å². The second-order valence-corrected chi connectivity index (χ2v) is 10.2. The Morgan fingerprint density at radius 1 is 1.07 bits per heavy atom. The van der Waals surface area contributed by atoms with Crippen molar-refractivity contribution in [2.45, 2.75) is 64.6 Å². The highest BCUT2D eigenvalue weighted by Gasteiger charge is 2.19. The van der Waals surface area contributed by atoms with Gasteiger partial charge in [0.2, 0.25) is 5.91 Å². The average molecular weight is 443 g/mol. The minimum Gasteiger partial charge on any atom is -0.325 e. The molecule has 0 unspecified atom stereocenters. The van der Waals surface area contributed by atoms with Gasteiger partial charge in [-0.2, -0.15) is 0 Å². The van der Waals surface area contributed by atoms with Crippen molar-refractivity contribution in [3.63, 3.8) is 0 Å². The highest BCUT2D eigenvalue weighted by atomic mass is 32.2. The van der Waals surface area contributed by atoms with Gasteiger partial charge in [-0.25, -0.2) is 0 Å². The van der Waals surface area contributed by atoms with Crippen LogP contribution < -0.4 is 5.32 Å². The Hall–Kier alpha value is -2.12. The summed E-state index contributed by atoms with van der Waals surface area (Å²) in [7, 11) is 0. The molecule has 2 heterocycles. The Morgan fingerprint density at radius 2 is 1.77 bits per heavy atom. The highest BCUT2D eigenvalue weighted by molar-refractivity contribution is 7.99. The van der Waals surface area contributed by atoms with Crippen LogP contribution in [0.4, 0.5) is 5.69 Å². The van der Waals surface area contributed by atoms with Gasteiger partial charge in [-0.05, 0) is 49.4 Å². The maximum atomic E-state index is 12.5. The van der Waals surface area contributed by atoms with Gasteiger partial charge in [0, 0.05) is 27.5 Å². The molecule has 3 aromatic rings. The van der Waals surface area contributed by atoms with Crippen LogP contribution in [0.3, 0.4) is 0 Å². The van der Waals surface area contributed by atoms with Gasteiger partial charge < -0.3 is 5.32 Å². The van der Waals surface area contributed by atoms with Crippen molar-refractivity contribution in [3.05, 3.63) is 46.2 Å². The minimum atomic E-state index is -0.0465. The zero-order valence-electron chi connectivity index (χ0n) is 18.5. The van der Waals surface area contributed by atoms with Gasteiger partial charge in [-0.15, -0.1) is 21.5 Å². The largest absolute Gasteiger partial charge is 0.325 e. The number of nitrogens with zero attached hydrogens (tertiary/aromatic N) is 3. The smallest absolute Gasteiger partial charge is 0.234 e. The number of thiophene rings is 1. The predicted molar refractivity (Wildman–Crippen MR) is 128 cm³/mol. The molecule has 0 aliphatic carbocycles. The Morgan fingerprint density at radius 3 is 2.33 bits per heavy atom. The lowest BCUT2D eigenvalue weighted by atomic mass is 10.0. The number of hydrogen-bond donors (Lipinski definition) is 1. The molecule has 160 valence electrons. The van der Waals surface area contributed by atoms with Gasteiger partial charge in [0.05, 0.1) is 5.75 Å². The number of anilines is 1. The third-order valence-electron chi connectivity index (χ3n) is 4.82. The lowest BCUT2D eigenvalue weighted by Crippen LogP contribution is -2.15. The van der Waals surface area contributed by atoms with Gasteiger partial charge in [-0.1, -0.05) is 51.6 Å². The van der Waals surface area contributed by atoms with Crippen molar-refractivity contribution >= 4 is 34.7 Å². The van der Waals surface area contributed by atoms with Crippen molar-refractivity contribution in [2.24, 2.45) is 0 Å². The molecule has 0 saturated carbocycles. The lowest BCUT2D eigenvalue weighted by Gasteiger charge is -2.13. The molecule has 0 atom stereocenters. The summed E-state index contributed by atoms with van der Waals surface area (Å²) < 4.78 is 2.11. The molecule has 5 nitrogen and oxygen atoms in total. The van der Waals surface area contributed by atoms with Crippen LogP contribution in [0.5, 0.6) is 0 Å². The van der Waals surface area contributed by atoms with Crippen molar-refractivity contribution < 1.29 is 4.79 Å². The van der Waals surface area contributed by atoms with Crippen LogP contribution in [0.25, 0.3) is 11.4 Å². The molecule has 0 radical (unpaired) electrons. The average Bonchev–Trinajstić information content (AvgIpc) is 3.33. The van der Waals surface area contributed by atoms with E-state index < -0.39 is 0 Å². The molecule has 1 aromatic carbocycles. The molecule has 30 heavy (non-hydrogen) atoms. The van der Waals surface area contributed by atoms with Gasteiger partial charge in [0.1, 0.15) is 0 Å². The second-order valence-electron chi connectivity index (χ2n) is 8.28. The van der Waals surface area contributed by atoms with E-state index in [1.54, 1.807) is 11.3 Å². The molecule has 2 aromatic heterocycles. The van der Waals surface area contributed by atoms with Gasteiger partial charge >= 0.3 is 0 Å². The number of aromatic nitrogens is 3. The number of benzene rings is 1. The number of thioether (sulfide) groups is 1. The Bertz CT molecular complexity index is 987. The van der Waals surface area contributed by atoms with Crippen molar-refractivity contribution in [1.29, 1.82) is 0 Å². The standard InChI is InChI=1S/C23H30N4OS2/c1-14(2)17-7-9-19(10-8-17)24-21(28)13-30-23-26-25-22(27(23)16(5)6)18-11-20(15(3)4)29-12-18/h7-12,14-16H,13H2,1-6H3,(H,24,28). The molecule has 0 aliphatic heterocycles. The number of hydrogen-bond acceptors (Lipinski definition) is 5. The molecular formula is C23H30N4OS2. The minimum absolute atomic E-state index is 0.0465. The summed E-state index contributed by atoms with van der Waals surface area (Å²) in [6.07, 6.45) is 0. The molecule has 0 bridgehead atoms. The first-order chi connectivity index (χ1) is 14.3. The van der Waals surface area contributed by atoms with Gasteiger partial charge in [-0.3, -0.25) is 9.36 Å². The monoisotopic (exact) mass is 442 g/mol. The van der Waals surface area contributed by atoms with E-state index in [-0.39, 0.29) is 17.7 Å². The van der Waals surface area contributed by atoms with Crippen LogP contribution in [0.2, 0.25) is 0 Å². The predicted octanol–water partition coefficient (Wildman–Crippen LogP) is 6.57. The summed E-state index contributed by atoms with van der Waals surface area (Å²) in [5, 5.41) is 14.7. The fraction of sp³-hybridized carbons (Fsp3) is 0.435. The van der Waals surface area contributed by atoms with E-state index in [0.717, 1.165) is 22.2 Å². The van der Waals surface area contributed by atoms with Crippen molar-refractivity contribution in [3.8, 4) is 11.4 Å². The first-order valence-electron chi connectivity index (χ1n) is 10.3. The van der Waals surface area contributed by atoms with Crippen LogP contribution in [-0.2, 0) is 4.79 Å². The highest BCUT2D eigenvalue weighted by Crippen LogP contribution is 2.32. The number of carbonyl (C=O) groups excluding carboxylic acids is 1. The molecule has 0 saturated heterocycles. The van der Waals surface area contributed by atoms with E-state index in [0.29, 0.717) is 11.8 Å².